The van der Waals surface area contributed by atoms with Crippen molar-refractivity contribution in [2.24, 2.45) is 0 Å². The maximum absolute atomic E-state index is 12.4. The van der Waals surface area contributed by atoms with Crippen molar-refractivity contribution < 1.29 is 18.7 Å². The van der Waals surface area contributed by atoms with E-state index in [0.29, 0.717) is 53.8 Å². The van der Waals surface area contributed by atoms with Crippen LogP contribution in [-0.2, 0) is 16.0 Å². The number of hydrogen-bond acceptors (Lipinski definition) is 5. The number of amides is 2. The molecule has 0 saturated carbocycles. The van der Waals surface area contributed by atoms with E-state index < -0.39 is 5.63 Å². The van der Waals surface area contributed by atoms with Crippen molar-refractivity contribution in [3.8, 4) is 5.75 Å². The molecule has 2 heterocycles. The Hall–Kier alpha value is -2.83. The van der Waals surface area contributed by atoms with Crippen LogP contribution in [0.3, 0.4) is 0 Å². The van der Waals surface area contributed by atoms with Crippen LogP contribution in [0.2, 0.25) is 0 Å². The van der Waals surface area contributed by atoms with Crippen molar-refractivity contribution in [2.45, 2.75) is 39.5 Å². The predicted molar refractivity (Wildman–Crippen MR) is 106 cm³/mol. The van der Waals surface area contributed by atoms with Gasteiger partial charge < -0.3 is 19.4 Å². The van der Waals surface area contributed by atoms with Crippen LogP contribution < -0.4 is 15.7 Å². The maximum Gasteiger partial charge on any atom is 0.340 e. The smallest absolute Gasteiger partial charge is 0.340 e. The molecule has 2 amide bonds. The summed E-state index contributed by atoms with van der Waals surface area (Å²) in [7, 11) is 1.57. The Kier molecular flexibility index (Phi) is 6.02. The number of aryl methyl sites for hydroxylation is 2. The highest BCUT2D eigenvalue weighted by molar-refractivity contribution is 5.89. The zero-order chi connectivity index (χ0) is 20.3. The number of carbonyl (C=O) groups is 2. The summed E-state index contributed by atoms with van der Waals surface area (Å²) in [6.07, 6.45) is 2.16. The molecule has 1 N–H and O–H groups in total. The molecule has 0 unspecified atom stereocenters. The Morgan fingerprint density at radius 2 is 2.07 bits per heavy atom. The van der Waals surface area contributed by atoms with E-state index in [1.165, 1.54) is 0 Å². The number of ether oxygens (including phenoxy) is 1. The zero-order valence-corrected chi connectivity index (χ0v) is 16.6. The third-order valence-corrected chi connectivity index (χ3v) is 5.14. The Morgan fingerprint density at radius 3 is 2.75 bits per heavy atom. The summed E-state index contributed by atoms with van der Waals surface area (Å²) < 4.78 is 10.9. The molecule has 3 rings (SSSR count). The highest BCUT2D eigenvalue weighted by Crippen LogP contribution is 2.30. The SMILES string of the molecule is COc1cc(C)cc2oc(=O)c(CC(=O)NCCCN3CCCC3=O)c(C)c12. The molecule has 1 aromatic heterocycles. The lowest BCUT2D eigenvalue weighted by Gasteiger charge is -2.15. The molecule has 0 radical (unpaired) electrons. The Labute approximate surface area is 163 Å². The van der Waals surface area contributed by atoms with Crippen LogP contribution in [0, 0.1) is 13.8 Å². The van der Waals surface area contributed by atoms with Gasteiger partial charge in [-0.25, -0.2) is 4.79 Å². The first-order valence-corrected chi connectivity index (χ1v) is 9.56. The molecule has 1 aliphatic rings. The van der Waals surface area contributed by atoms with Crippen molar-refractivity contribution in [2.75, 3.05) is 26.7 Å². The second-order valence-electron chi connectivity index (χ2n) is 7.20. The van der Waals surface area contributed by atoms with Crippen molar-refractivity contribution in [3.05, 3.63) is 39.2 Å². The topological polar surface area (TPSA) is 88.8 Å². The van der Waals surface area contributed by atoms with Crippen LogP contribution in [0.1, 0.15) is 36.0 Å². The standard InChI is InChI=1S/C21H26N2O5/c1-13-10-16(27-3)20-14(2)15(21(26)28-17(20)11-13)12-18(24)22-7-5-9-23-8-4-6-19(23)25/h10-11H,4-9,12H2,1-3H3,(H,22,24). The first kappa shape index (κ1) is 19.9. The minimum Gasteiger partial charge on any atom is -0.496 e. The van der Waals surface area contributed by atoms with Gasteiger partial charge in [-0.2, -0.15) is 0 Å². The van der Waals surface area contributed by atoms with Gasteiger partial charge in [-0.1, -0.05) is 0 Å². The van der Waals surface area contributed by atoms with E-state index in [4.69, 9.17) is 9.15 Å². The number of nitrogens with zero attached hydrogens (tertiary/aromatic N) is 1. The molecule has 1 fully saturated rings. The van der Waals surface area contributed by atoms with Gasteiger partial charge in [0.05, 0.1) is 24.5 Å². The van der Waals surface area contributed by atoms with E-state index in [0.717, 1.165) is 18.5 Å². The lowest BCUT2D eigenvalue weighted by atomic mass is 10.0. The number of benzene rings is 1. The first-order chi connectivity index (χ1) is 13.4. The van der Waals surface area contributed by atoms with Crippen LogP contribution in [-0.4, -0.2) is 43.5 Å². The molecule has 0 spiro atoms. The zero-order valence-electron chi connectivity index (χ0n) is 16.6. The summed E-state index contributed by atoms with van der Waals surface area (Å²) in [4.78, 5) is 38.1. The number of nitrogens with one attached hydrogen (secondary N) is 1. The third-order valence-electron chi connectivity index (χ3n) is 5.14. The number of fused-ring (bicyclic) bond motifs is 1. The van der Waals surface area contributed by atoms with Crippen LogP contribution in [0.15, 0.2) is 21.3 Å². The first-order valence-electron chi connectivity index (χ1n) is 9.56. The fraction of sp³-hybridized carbons (Fsp3) is 0.476. The van der Waals surface area contributed by atoms with Crippen LogP contribution in [0.4, 0.5) is 0 Å². The summed E-state index contributed by atoms with van der Waals surface area (Å²) in [6.45, 7) is 5.61. The largest absolute Gasteiger partial charge is 0.496 e. The van der Waals surface area contributed by atoms with Gasteiger partial charge in [0.25, 0.3) is 0 Å². The number of likely N-dealkylation sites (tertiary alicyclic amines) is 1. The molecule has 1 aliphatic heterocycles. The molecule has 1 saturated heterocycles. The van der Waals surface area contributed by atoms with Crippen LogP contribution >= 0.6 is 0 Å². The number of hydrogen-bond donors (Lipinski definition) is 1. The highest BCUT2D eigenvalue weighted by atomic mass is 16.5. The lowest BCUT2D eigenvalue weighted by Crippen LogP contribution is -2.32. The molecule has 2 aromatic rings. The van der Waals surface area contributed by atoms with Gasteiger partial charge in [-0.3, -0.25) is 9.59 Å². The molecule has 1 aromatic carbocycles. The van der Waals surface area contributed by atoms with E-state index in [1.807, 2.05) is 17.9 Å². The fourth-order valence-electron chi connectivity index (χ4n) is 3.66. The van der Waals surface area contributed by atoms with Gasteiger partial charge in [-0.05, 0) is 49.9 Å². The minimum atomic E-state index is -0.504. The van der Waals surface area contributed by atoms with Gasteiger partial charge in [-0.15, -0.1) is 0 Å². The fourth-order valence-corrected chi connectivity index (χ4v) is 3.66. The third kappa shape index (κ3) is 4.18. The van der Waals surface area contributed by atoms with Crippen molar-refractivity contribution >= 4 is 22.8 Å². The minimum absolute atomic E-state index is 0.0518. The number of methoxy groups -OCH3 is 1. The molecule has 7 heteroatoms. The average molecular weight is 386 g/mol. The van der Waals surface area contributed by atoms with Gasteiger partial charge in [0.15, 0.2) is 0 Å². The summed E-state index contributed by atoms with van der Waals surface area (Å²) >= 11 is 0. The predicted octanol–water partition coefficient (Wildman–Crippen LogP) is 2.09. The summed E-state index contributed by atoms with van der Waals surface area (Å²) in [5.74, 6) is 0.557. The van der Waals surface area contributed by atoms with Gasteiger partial charge in [0.2, 0.25) is 11.8 Å². The summed E-state index contributed by atoms with van der Waals surface area (Å²) in [5.41, 5.74) is 1.91. The van der Waals surface area contributed by atoms with E-state index in [1.54, 1.807) is 20.1 Å². The monoisotopic (exact) mass is 386 g/mol. The van der Waals surface area contributed by atoms with Gasteiger partial charge in [0.1, 0.15) is 11.3 Å². The van der Waals surface area contributed by atoms with E-state index in [-0.39, 0.29) is 18.2 Å². The molecular formula is C21H26N2O5. The Morgan fingerprint density at radius 1 is 1.29 bits per heavy atom. The Bertz CT molecular complexity index is 963. The van der Waals surface area contributed by atoms with E-state index in [2.05, 4.69) is 5.32 Å². The molecule has 0 aliphatic carbocycles. The van der Waals surface area contributed by atoms with E-state index >= 15 is 0 Å². The second-order valence-corrected chi connectivity index (χ2v) is 7.20. The van der Waals surface area contributed by atoms with Gasteiger partial charge >= 0.3 is 5.63 Å². The van der Waals surface area contributed by atoms with Gasteiger partial charge in [0, 0.05) is 26.1 Å². The van der Waals surface area contributed by atoms with Crippen LogP contribution in [0.5, 0.6) is 5.75 Å². The van der Waals surface area contributed by atoms with Crippen LogP contribution in [0.25, 0.3) is 11.0 Å². The average Bonchev–Trinajstić information content (AvgIpc) is 3.06. The molecule has 7 nitrogen and oxygen atoms in total. The molecule has 0 atom stereocenters. The van der Waals surface area contributed by atoms with E-state index in [9.17, 15) is 14.4 Å². The van der Waals surface area contributed by atoms with Crippen molar-refractivity contribution in [1.29, 1.82) is 0 Å². The lowest BCUT2D eigenvalue weighted by molar-refractivity contribution is -0.127. The number of rotatable bonds is 7. The highest BCUT2D eigenvalue weighted by Gasteiger charge is 2.20. The molecule has 150 valence electrons. The second kappa shape index (κ2) is 8.46. The summed E-state index contributed by atoms with van der Waals surface area (Å²) in [6, 6.07) is 3.66. The number of carbonyl (C=O) groups excluding carboxylic acids is 2. The molecule has 0 bridgehead atoms. The quantitative estimate of drug-likeness (QED) is 0.581. The molecular weight excluding hydrogens is 360 g/mol. The van der Waals surface area contributed by atoms with Crippen molar-refractivity contribution in [1.82, 2.24) is 10.2 Å². The maximum atomic E-state index is 12.4. The normalized spacial score (nSPS) is 14.0. The molecule has 28 heavy (non-hydrogen) atoms. The van der Waals surface area contributed by atoms with Crippen molar-refractivity contribution in [3.63, 3.8) is 0 Å². The Balaban J connectivity index is 1.67. The summed E-state index contributed by atoms with van der Waals surface area (Å²) in [5, 5.41) is 3.53.